The first kappa shape index (κ1) is 45.6. The second-order valence-electron chi connectivity index (χ2n) is 13.8. The summed E-state index contributed by atoms with van der Waals surface area (Å²) >= 11 is 0. The lowest BCUT2D eigenvalue weighted by atomic mass is 10.1. The fourth-order valence-electron chi connectivity index (χ4n) is 6.21. The quantitative estimate of drug-likeness (QED) is 0.0530. The molecule has 0 aliphatic heterocycles. The Morgan fingerprint density at radius 3 is 0.872 bits per heavy atom. The maximum Gasteiger partial charge on any atom is 0.203 e. The van der Waals surface area contributed by atoms with E-state index in [4.69, 9.17) is 14.2 Å². The predicted octanol–water partition coefficient (Wildman–Crippen LogP) is 14.3. The molecule has 0 atom stereocenters. The van der Waals surface area contributed by atoms with E-state index in [1.165, 1.54) is 173 Å². The number of rotatable bonds is 36. The summed E-state index contributed by atoms with van der Waals surface area (Å²) in [7, 11) is 0. The number of ether oxygens (including phenoxy) is 3. The van der Waals surface area contributed by atoms with Crippen molar-refractivity contribution in [3.8, 4) is 17.2 Å². The molecule has 47 heavy (non-hydrogen) atoms. The monoisotopic (exact) mass is 660 g/mol. The molecule has 1 rings (SSSR count). The molecule has 0 aliphatic rings. The molecule has 5 heteroatoms. The van der Waals surface area contributed by atoms with Gasteiger partial charge in [-0.15, -0.1) is 0 Å². The maximum atomic E-state index is 14.7. The first-order valence-corrected chi connectivity index (χ1v) is 20.4. The van der Waals surface area contributed by atoms with Gasteiger partial charge in [-0.3, -0.25) is 0 Å². The lowest BCUT2D eigenvalue weighted by molar-refractivity contribution is 0.232. The molecule has 0 fully saturated rings. The number of halogens is 1. The lowest BCUT2D eigenvalue weighted by Crippen LogP contribution is -2.07. The molecule has 273 valence electrons. The van der Waals surface area contributed by atoms with Crippen molar-refractivity contribution in [3.63, 3.8) is 0 Å². The summed E-state index contributed by atoms with van der Waals surface area (Å²) < 4.78 is 33.3. The number of hydrogen-bond donors (Lipinski definition) is 0. The van der Waals surface area contributed by atoms with E-state index in [1.807, 2.05) is 0 Å². The molecule has 3 radical (unpaired) electrons. The van der Waals surface area contributed by atoms with Crippen molar-refractivity contribution in [2.75, 3.05) is 19.8 Å². The summed E-state index contributed by atoms with van der Waals surface area (Å²) in [6.07, 6.45) is 38.5. The SMILES string of the molecule is CCCCCCCCCCCCOc1cc(F)cc(OCCCCCCCCCCCC)c1OCCCCCCCCCCCC.[B]. The fourth-order valence-corrected chi connectivity index (χ4v) is 6.21. The van der Waals surface area contributed by atoms with Crippen LogP contribution in [-0.4, -0.2) is 28.2 Å². The van der Waals surface area contributed by atoms with Crippen molar-refractivity contribution in [1.29, 1.82) is 0 Å². The van der Waals surface area contributed by atoms with Crippen LogP contribution in [0.2, 0.25) is 0 Å². The van der Waals surface area contributed by atoms with Crippen LogP contribution < -0.4 is 14.2 Å². The Morgan fingerprint density at radius 1 is 0.362 bits per heavy atom. The molecule has 0 N–H and O–H groups in total. The zero-order valence-electron chi connectivity index (χ0n) is 31.7. The summed E-state index contributed by atoms with van der Waals surface area (Å²) in [6, 6.07) is 2.97. The minimum atomic E-state index is -0.317. The summed E-state index contributed by atoms with van der Waals surface area (Å²) in [6.45, 7) is 8.61. The molecular formula is C42H77BFO3. The van der Waals surface area contributed by atoms with Gasteiger partial charge in [-0.1, -0.05) is 194 Å². The van der Waals surface area contributed by atoms with Crippen LogP contribution in [-0.2, 0) is 0 Å². The van der Waals surface area contributed by atoms with E-state index in [2.05, 4.69) is 20.8 Å². The number of unbranched alkanes of at least 4 members (excludes halogenated alkanes) is 27. The van der Waals surface area contributed by atoms with Gasteiger partial charge in [-0.05, 0) is 19.3 Å². The van der Waals surface area contributed by atoms with Crippen molar-refractivity contribution >= 4 is 8.41 Å². The third kappa shape index (κ3) is 28.2. The van der Waals surface area contributed by atoms with Crippen LogP contribution in [0.15, 0.2) is 12.1 Å². The van der Waals surface area contributed by atoms with Gasteiger partial charge in [0.2, 0.25) is 5.75 Å². The number of benzene rings is 1. The van der Waals surface area contributed by atoms with Crippen molar-refractivity contribution in [1.82, 2.24) is 0 Å². The fraction of sp³-hybridized carbons (Fsp3) is 0.857. The van der Waals surface area contributed by atoms with Gasteiger partial charge in [0.1, 0.15) is 5.82 Å². The second-order valence-corrected chi connectivity index (χ2v) is 13.8. The summed E-state index contributed by atoms with van der Waals surface area (Å²) in [5.41, 5.74) is 0. The smallest absolute Gasteiger partial charge is 0.203 e. The van der Waals surface area contributed by atoms with Gasteiger partial charge in [0, 0.05) is 20.5 Å². The Labute approximate surface area is 294 Å². The molecule has 3 nitrogen and oxygen atoms in total. The van der Waals surface area contributed by atoms with Crippen molar-refractivity contribution in [3.05, 3.63) is 17.9 Å². The zero-order valence-corrected chi connectivity index (χ0v) is 31.7. The third-order valence-electron chi connectivity index (χ3n) is 9.24. The molecule has 1 aromatic carbocycles. The molecule has 1 aromatic rings. The normalized spacial score (nSPS) is 11.1. The number of hydrogen-bond acceptors (Lipinski definition) is 3. The van der Waals surface area contributed by atoms with Crippen LogP contribution in [0.4, 0.5) is 4.39 Å². The molecular weight excluding hydrogens is 582 g/mol. The summed E-state index contributed by atoms with van der Waals surface area (Å²) in [4.78, 5) is 0. The highest BCUT2D eigenvalue weighted by atomic mass is 19.1. The van der Waals surface area contributed by atoms with E-state index in [0.717, 1.165) is 32.1 Å². The maximum absolute atomic E-state index is 14.7. The standard InChI is InChI=1S/C42H77FO3.B/c1-4-7-10-13-16-19-22-25-28-31-34-44-40-37-39(43)38-41(45-35-32-29-26-23-20-17-14-11-8-5-2)42(40)46-36-33-30-27-24-21-18-15-12-9-6-3;/h37-38H,4-36H2,1-3H3;. The van der Waals surface area contributed by atoms with Gasteiger partial charge in [0.15, 0.2) is 11.5 Å². The van der Waals surface area contributed by atoms with Gasteiger partial charge in [-0.25, -0.2) is 4.39 Å². The summed E-state index contributed by atoms with van der Waals surface area (Å²) in [5, 5.41) is 0. The molecule has 0 aliphatic carbocycles. The lowest BCUT2D eigenvalue weighted by Gasteiger charge is -2.17. The van der Waals surface area contributed by atoms with Crippen molar-refractivity contribution < 1.29 is 18.6 Å². The van der Waals surface area contributed by atoms with E-state index in [1.54, 1.807) is 0 Å². The average Bonchev–Trinajstić information content (AvgIpc) is 3.05. The van der Waals surface area contributed by atoms with Crippen molar-refractivity contribution in [2.24, 2.45) is 0 Å². The highest BCUT2D eigenvalue weighted by Crippen LogP contribution is 2.39. The van der Waals surface area contributed by atoms with Crippen LogP contribution in [0.3, 0.4) is 0 Å². The van der Waals surface area contributed by atoms with Crippen LogP contribution >= 0.6 is 0 Å². The molecule has 0 saturated heterocycles. The van der Waals surface area contributed by atoms with E-state index < -0.39 is 0 Å². The highest BCUT2D eigenvalue weighted by molar-refractivity contribution is 5.75. The molecule has 0 spiro atoms. The Bertz CT molecular complexity index is 727. The Hall–Kier alpha value is -1.39. The Kier molecular flexibility index (Phi) is 34.9. The predicted molar refractivity (Wildman–Crippen MR) is 204 cm³/mol. The van der Waals surface area contributed by atoms with Gasteiger partial charge >= 0.3 is 0 Å². The van der Waals surface area contributed by atoms with E-state index >= 15 is 0 Å². The first-order valence-electron chi connectivity index (χ1n) is 20.4. The molecule has 0 bridgehead atoms. The van der Waals surface area contributed by atoms with E-state index in [-0.39, 0.29) is 14.2 Å². The van der Waals surface area contributed by atoms with Gasteiger partial charge in [-0.2, -0.15) is 0 Å². The van der Waals surface area contributed by atoms with Gasteiger partial charge in [0.25, 0.3) is 0 Å². The van der Waals surface area contributed by atoms with Crippen LogP contribution in [0.1, 0.15) is 213 Å². The first-order chi connectivity index (χ1) is 22.7. The topological polar surface area (TPSA) is 27.7 Å². The minimum absolute atomic E-state index is 0. The van der Waals surface area contributed by atoms with Crippen molar-refractivity contribution in [2.45, 2.75) is 213 Å². The van der Waals surface area contributed by atoms with Crippen LogP contribution in [0.25, 0.3) is 0 Å². The molecule has 0 saturated carbocycles. The Balaban J connectivity index is 0.0000212. The minimum Gasteiger partial charge on any atom is -0.489 e. The largest absolute Gasteiger partial charge is 0.489 e. The molecule has 0 heterocycles. The van der Waals surface area contributed by atoms with Crippen LogP contribution in [0.5, 0.6) is 17.2 Å². The third-order valence-corrected chi connectivity index (χ3v) is 9.24. The molecule has 0 amide bonds. The second kappa shape index (κ2) is 35.9. The van der Waals surface area contributed by atoms with Gasteiger partial charge < -0.3 is 14.2 Å². The zero-order chi connectivity index (χ0) is 33.2. The van der Waals surface area contributed by atoms with E-state index in [0.29, 0.717) is 37.1 Å². The average molecular weight is 660 g/mol. The van der Waals surface area contributed by atoms with E-state index in [9.17, 15) is 4.39 Å². The van der Waals surface area contributed by atoms with Crippen LogP contribution in [0, 0.1) is 5.82 Å². The highest BCUT2D eigenvalue weighted by Gasteiger charge is 2.16. The van der Waals surface area contributed by atoms with Gasteiger partial charge in [0.05, 0.1) is 19.8 Å². The Morgan fingerprint density at radius 2 is 0.596 bits per heavy atom. The molecule has 0 unspecified atom stereocenters. The summed E-state index contributed by atoms with van der Waals surface area (Å²) in [5.74, 6) is 1.28. The molecule has 0 aromatic heterocycles.